The molecule has 5 rings (SSSR count). The molecular weight excluding hydrogens is 450 g/mol. The maximum Gasteiger partial charge on any atom is 0.254 e. The van der Waals surface area contributed by atoms with Gasteiger partial charge in [0.15, 0.2) is 0 Å². The molecule has 0 N–H and O–H groups in total. The summed E-state index contributed by atoms with van der Waals surface area (Å²) in [6, 6.07) is 16.5. The number of hydrogen-bond acceptors (Lipinski definition) is 6. The van der Waals surface area contributed by atoms with Gasteiger partial charge in [0.25, 0.3) is 5.91 Å². The molecule has 0 unspecified atom stereocenters. The van der Waals surface area contributed by atoms with E-state index in [4.69, 9.17) is 4.74 Å². The third kappa shape index (κ3) is 4.66. The summed E-state index contributed by atoms with van der Waals surface area (Å²) in [5, 5.41) is 0.929. The van der Waals surface area contributed by atoms with Crippen molar-refractivity contribution in [2.45, 2.75) is 26.8 Å². The largest absolute Gasteiger partial charge is 0.481 e. The molecule has 1 saturated heterocycles. The first-order chi connectivity index (χ1) is 17.4. The Hall–Kier alpha value is -3.84. The molecule has 1 aliphatic heterocycles. The van der Waals surface area contributed by atoms with Crippen LogP contribution in [0.15, 0.2) is 61.1 Å². The Kier molecular flexibility index (Phi) is 6.65. The van der Waals surface area contributed by atoms with Crippen LogP contribution in [0.1, 0.15) is 29.8 Å². The van der Waals surface area contributed by atoms with Crippen molar-refractivity contribution in [1.29, 1.82) is 0 Å². The van der Waals surface area contributed by atoms with Crippen LogP contribution in [0.4, 0.5) is 0 Å². The van der Waals surface area contributed by atoms with Gasteiger partial charge in [-0.2, -0.15) is 0 Å². The van der Waals surface area contributed by atoms with Crippen molar-refractivity contribution >= 4 is 16.8 Å². The van der Waals surface area contributed by atoms with Gasteiger partial charge in [-0.15, -0.1) is 0 Å². The first-order valence-corrected chi connectivity index (χ1v) is 12.3. The molecule has 3 heterocycles. The zero-order valence-electron chi connectivity index (χ0n) is 21.2. The van der Waals surface area contributed by atoms with E-state index >= 15 is 0 Å². The zero-order chi connectivity index (χ0) is 25.2. The average molecular weight is 482 g/mol. The maximum atomic E-state index is 13.5. The van der Waals surface area contributed by atoms with Gasteiger partial charge >= 0.3 is 0 Å². The highest BCUT2D eigenvalue weighted by molar-refractivity contribution is 5.99. The van der Waals surface area contributed by atoms with Crippen molar-refractivity contribution in [2.75, 3.05) is 33.3 Å². The van der Waals surface area contributed by atoms with E-state index in [0.717, 1.165) is 70.6 Å². The molecule has 0 spiro atoms. The molecule has 7 heteroatoms. The van der Waals surface area contributed by atoms with E-state index < -0.39 is 0 Å². The van der Waals surface area contributed by atoms with E-state index in [1.165, 1.54) is 0 Å². The lowest BCUT2D eigenvalue weighted by molar-refractivity contribution is 0.0595. The van der Waals surface area contributed by atoms with Crippen LogP contribution in [-0.4, -0.2) is 70.0 Å². The van der Waals surface area contributed by atoms with Gasteiger partial charge in [-0.05, 0) is 56.2 Å². The third-order valence-electron chi connectivity index (χ3n) is 6.99. The highest BCUT2D eigenvalue weighted by atomic mass is 16.5. The van der Waals surface area contributed by atoms with Gasteiger partial charge < -0.3 is 9.64 Å². The minimum absolute atomic E-state index is 0.0844. The number of pyridine rings is 1. The van der Waals surface area contributed by atoms with Crippen LogP contribution in [0.2, 0.25) is 0 Å². The van der Waals surface area contributed by atoms with Crippen LogP contribution in [0.25, 0.3) is 33.3 Å². The lowest BCUT2D eigenvalue weighted by Gasteiger charge is -2.37. The van der Waals surface area contributed by atoms with E-state index in [1.54, 1.807) is 19.6 Å². The van der Waals surface area contributed by atoms with Crippen LogP contribution in [0.5, 0.6) is 5.88 Å². The number of amides is 1. The van der Waals surface area contributed by atoms with Crippen molar-refractivity contribution in [1.82, 2.24) is 24.8 Å². The Morgan fingerprint density at radius 3 is 2.33 bits per heavy atom. The molecule has 2 aromatic heterocycles. The van der Waals surface area contributed by atoms with Crippen molar-refractivity contribution in [2.24, 2.45) is 0 Å². The highest BCUT2D eigenvalue weighted by Gasteiger charge is 2.24. The molecule has 7 nitrogen and oxygen atoms in total. The Morgan fingerprint density at radius 2 is 1.64 bits per heavy atom. The van der Waals surface area contributed by atoms with Crippen molar-refractivity contribution < 1.29 is 9.53 Å². The molecule has 0 atom stereocenters. The second kappa shape index (κ2) is 10.0. The van der Waals surface area contributed by atoms with Crippen molar-refractivity contribution in [3.63, 3.8) is 0 Å². The topological polar surface area (TPSA) is 71.5 Å². The third-order valence-corrected chi connectivity index (χ3v) is 6.99. The van der Waals surface area contributed by atoms with E-state index in [-0.39, 0.29) is 5.91 Å². The number of rotatable bonds is 5. The number of hydrogen-bond donors (Lipinski definition) is 0. The van der Waals surface area contributed by atoms with Crippen LogP contribution >= 0.6 is 0 Å². The number of carbonyl (C=O) groups excluding carboxylic acids is 1. The van der Waals surface area contributed by atoms with Gasteiger partial charge in [0.2, 0.25) is 5.88 Å². The number of carbonyl (C=O) groups is 1. The minimum atomic E-state index is 0.0844. The Balaban J connectivity index is 1.49. The molecule has 184 valence electrons. The molecule has 0 aliphatic carbocycles. The minimum Gasteiger partial charge on any atom is -0.481 e. The van der Waals surface area contributed by atoms with Gasteiger partial charge in [0.1, 0.15) is 6.33 Å². The summed E-state index contributed by atoms with van der Waals surface area (Å²) >= 11 is 0. The fraction of sp³-hybridized carbons (Fsp3) is 0.310. The Morgan fingerprint density at radius 1 is 0.889 bits per heavy atom. The number of ether oxygens (including phenoxy) is 1. The predicted octanol–water partition coefficient (Wildman–Crippen LogP) is 4.84. The van der Waals surface area contributed by atoms with Gasteiger partial charge in [-0.25, -0.2) is 15.0 Å². The average Bonchev–Trinajstić information content (AvgIpc) is 2.92. The van der Waals surface area contributed by atoms with Crippen molar-refractivity contribution in [3.8, 4) is 28.3 Å². The predicted molar refractivity (Wildman–Crippen MR) is 142 cm³/mol. The number of methoxy groups -OCH3 is 1. The van der Waals surface area contributed by atoms with E-state index in [2.05, 4.69) is 39.8 Å². The van der Waals surface area contributed by atoms with Crippen LogP contribution in [0, 0.1) is 6.92 Å². The SMILES string of the molecule is COc1ccc(-c2ccc3ncnc(-c4ccc(C)c(C(=O)N5CCN(C(C)C)CC5)c4)c3c2)cn1. The molecule has 2 aromatic carbocycles. The fourth-order valence-electron chi connectivity index (χ4n) is 4.75. The second-order valence-corrected chi connectivity index (χ2v) is 9.50. The summed E-state index contributed by atoms with van der Waals surface area (Å²) in [7, 11) is 1.60. The quantitative estimate of drug-likeness (QED) is 0.406. The van der Waals surface area contributed by atoms with Crippen LogP contribution in [0.3, 0.4) is 0 Å². The molecule has 0 bridgehead atoms. The number of benzene rings is 2. The molecule has 36 heavy (non-hydrogen) atoms. The summed E-state index contributed by atoms with van der Waals surface area (Å²) in [6.45, 7) is 9.70. The molecule has 4 aromatic rings. The summed E-state index contributed by atoms with van der Waals surface area (Å²) in [4.78, 5) is 31.3. The van der Waals surface area contributed by atoms with E-state index in [1.807, 2.05) is 54.3 Å². The Labute approximate surface area is 211 Å². The molecule has 1 aliphatic rings. The normalized spacial score (nSPS) is 14.4. The first kappa shape index (κ1) is 23.9. The lowest BCUT2D eigenvalue weighted by atomic mass is 9.98. The summed E-state index contributed by atoms with van der Waals surface area (Å²) < 4.78 is 5.19. The van der Waals surface area contributed by atoms with Crippen molar-refractivity contribution in [3.05, 3.63) is 72.2 Å². The smallest absolute Gasteiger partial charge is 0.254 e. The second-order valence-electron chi connectivity index (χ2n) is 9.50. The number of nitrogens with zero attached hydrogens (tertiary/aromatic N) is 5. The van der Waals surface area contributed by atoms with Gasteiger partial charge in [0.05, 0.1) is 18.3 Å². The molecule has 0 radical (unpaired) electrons. The van der Waals surface area contributed by atoms with Crippen LogP contribution in [-0.2, 0) is 0 Å². The molecule has 1 fully saturated rings. The standard InChI is InChI=1S/C29H31N5O2/c1-19(2)33-11-13-34(14-12-33)29(35)24-16-22(6-5-20(24)3)28-25-15-21(7-9-26(25)31-18-32-28)23-8-10-27(36-4)30-17-23/h5-10,15-19H,11-14H2,1-4H3. The van der Waals surface area contributed by atoms with Gasteiger partial charge in [0, 0.05) is 66.6 Å². The molecule has 1 amide bonds. The maximum absolute atomic E-state index is 13.5. The van der Waals surface area contributed by atoms with Gasteiger partial charge in [-0.3, -0.25) is 9.69 Å². The number of aromatic nitrogens is 3. The molecular formula is C29H31N5O2. The summed E-state index contributed by atoms with van der Waals surface area (Å²) in [5.74, 6) is 0.659. The fourth-order valence-corrected chi connectivity index (χ4v) is 4.75. The number of aryl methyl sites for hydroxylation is 1. The monoisotopic (exact) mass is 481 g/mol. The summed E-state index contributed by atoms with van der Waals surface area (Å²) in [5.41, 5.74) is 6.26. The van der Waals surface area contributed by atoms with Crippen LogP contribution < -0.4 is 4.74 Å². The molecule has 0 saturated carbocycles. The van der Waals surface area contributed by atoms with E-state index in [0.29, 0.717) is 11.9 Å². The van der Waals surface area contributed by atoms with E-state index in [9.17, 15) is 4.79 Å². The lowest BCUT2D eigenvalue weighted by Crippen LogP contribution is -2.50. The summed E-state index contributed by atoms with van der Waals surface area (Å²) in [6.07, 6.45) is 3.38. The number of fused-ring (bicyclic) bond motifs is 1. The zero-order valence-corrected chi connectivity index (χ0v) is 21.2. The highest BCUT2D eigenvalue weighted by Crippen LogP contribution is 2.31. The first-order valence-electron chi connectivity index (χ1n) is 12.3. The number of piperazine rings is 1. The van der Waals surface area contributed by atoms with Gasteiger partial charge in [-0.1, -0.05) is 18.2 Å². The Bertz CT molecular complexity index is 1390.